The van der Waals surface area contributed by atoms with Crippen LogP contribution in [0.4, 0.5) is 0 Å². The number of carbonyl (C=O) groups excluding carboxylic acids is 4. The van der Waals surface area contributed by atoms with E-state index in [4.69, 9.17) is 11.5 Å². The average Bonchev–Trinajstić information content (AvgIpc) is 3.30. The van der Waals surface area contributed by atoms with Gasteiger partial charge < -0.3 is 37.5 Å². The highest BCUT2D eigenvalue weighted by molar-refractivity contribution is 7.98. The van der Waals surface area contributed by atoms with E-state index in [0.29, 0.717) is 11.4 Å². The quantitative estimate of drug-likeness (QED) is 0.111. The maximum absolute atomic E-state index is 13.1. The predicted octanol–water partition coefficient (Wildman–Crippen LogP) is -2.23. The summed E-state index contributed by atoms with van der Waals surface area (Å²) < 4.78 is 0. The second kappa shape index (κ2) is 15.2. The molecule has 1 heterocycles. The molecule has 15 heteroatoms. The van der Waals surface area contributed by atoms with Crippen molar-refractivity contribution in [1.82, 2.24) is 25.9 Å². The second-order valence-corrected chi connectivity index (χ2v) is 8.73. The van der Waals surface area contributed by atoms with E-state index in [0.717, 1.165) is 0 Å². The molecule has 0 aliphatic carbocycles. The smallest absolute Gasteiger partial charge is 0.327 e. The van der Waals surface area contributed by atoms with E-state index in [2.05, 4.69) is 38.5 Å². The molecule has 9 N–H and O–H groups in total. The van der Waals surface area contributed by atoms with Gasteiger partial charge in [-0.05, 0) is 24.9 Å². The Bertz CT molecular complexity index is 839. The number of carbonyl (C=O) groups is 5. The maximum Gasteiger partial charge on any atom is 0.327 e. The summed E-state index contributed by atoms with van der Waals surface area (Å²) in [6, 6.07) is -4.48. The molecular weight excluding hydrogens is 486 g/mol. The van der Waals surface area contributed by atoms with Gasteiger partial charge in [0.15, 0.2) is 0 Å². The van der Waals surface area contributed by atoms with Gasteiger partial charge in [0.2, 0.25) is 23.6 Å². The lowest BCUT2D eigenvalue weighted by Crippen LogP contribution is -2.58. The van der Waals surface area contributed by atoms with Crippen molar-refractivity contribution in [3.8, 4) is 0 Å². The molecule has 0 radical (unpaired) electrons. The van der Waals surface area contributed by atoms with Crippen LogP contribution in [0.2, 0.25) is 0 Å². The fourth-order valence-electron chi connectivity index (χ4n) is 2.77. The Morgan fingerprint density at radius 2 is 1.71 bits per heavy atom. The normalized spacial score (nSPS) is 14.3. The third-order valence-electron chi connectivity index (χ3n) is 4.69. The zero-order valence-electron chi connectivity index (χ0n) is 18.7. The number of carboxylic acid groups (broad SMARTS) is 1. The molecule has 1 aromatic rings. The highest BCUT2D eigenvalue weighted by atomic mass is 32.2. The van der Waals surface area contributed by atoms with Gasteiger partial charge in [-0.15, -0.1) is 0 Å². The van der Waals surface area contributed by atoms with Crippen molar-refractivity contribution >= 4 is 54.0 Å². The first kappa shape index (κ1) is 29.3. The number of aliphatic carboxylic acids is 1. The SMILES string of the molecule is CSCCC(NC(=O)C(Cc1cnc[nH]1)NC(=O)C(N)CCC(N)=O)C(=O)NC(CS)C(=O)O. The van der Waals surface area contributed by atoms with Crippen LogP contribution >= 0.6 is 24.4 Å². The number of aromatic nitrogens is 2. The molecular formula is C19H31N7O6S2. The number of thioether (sulfide) groups is 1. The summed E-state index contributed by atoms with van der Waals surface area (Å²) in [5, 5.41) is 16.6. The van der Waals surface area contributed by atoms with Crippen LogP contribution in [0, 0.1) is 0 Å². The van der Waals surface area contributed by atoms with Crippen LogP contribution in [0.5, 0.6) is 0 Å². The van der Waals surface area contributed by atoms with E-state index in [1.807, 2.05) is 6.26 Å². The highest BCUT2D eigenvalue weighted by Crippen LogP contribution is 2.06. The number of hydrogen-bond donors (Lipinski definition) is 8. The summed E-state index contributed by atoms with van der Waals surface area (Å²) >= 11 is 5.36. The molecule has 34 heavy (non-hydrogen) atoms. The molecule has 4 amide bonds. The zero-order chi connectivity index (χ0) is 25.7. The van der Waals surface area contributed by atoms with Crippen LogP contribution in [0.15, 0.2) is 12.5 Å². The van der Waals surface area contributed by atoms with Crippen LogP contribution in [0.1, 0.15) is 25.0 Å². The Labute approximate surface area is 206 Å². The number of hydrogen-bond acceptors (Lipinski definition) is 9. The number of aromatic amines is 1. The fraction of sp³-hybridized carbons (Fsp3) is 0.579. The Morgan fingerprint density at radius 1 is 1.09 bits per heavy atom. The molecule has 0 saturated carbocycles. The molecule has 0 saturated heterocycles. The summed E-state index contributed by atoms with van der Waals surface area (Å²) in [7, 11) is 0. The van der Waals surface area contributed by atoms with Gasteiger partial charge in [-0.1, -0.05) is 0 Å². The molecule has 0 aliphatic rings. The van der Waals surface area contributed by atoms with Gasteiger partial charge >= 0.3 is 5.97 Å². The Balaban J connectivity index is 2.98. The number of H-pyrrole nitrogens is 1. The molecule has 0 aliphatic heterocycles. The monoisotopic (exact) mass is 517 g/mol. The Hall–Kier alpha value is -2.78. The molecule has 4 unspecified atom stereocenters. The number of primary amides is 1. The van der Waals surface area contributed by atoms with Gasteiger partial charge in [-0.3, -0.25) is 19.2 Å². The lowest BCUT2D eigenvalue weighted by atomic mass is 10.1. The zero-order valence-corrected chi connectivity index (χ0v) is 20.4. The number of thiol groups is 1. The van der Waals surface area contributed by atoms with E-state index >= 15 is 0 Å². The van der Waals surface area contributed by atoms with Gasteiger partial charge in [-0.25, -0.2) is 9.78 Å². The minimum absolute atomic E-state index is 0.00137. The maximum atomic E-state index is 13.1. The molecule has 0 aromatic carbocycles. The van der Waals surface area contributed by atoms with Crippen molar-refractivity contribution < 1.29 is 29.1 Å². The third-order valence-corrected chi connectivity index (χ3v) is 5.70. The van der Waals surface area contributed by atoms with E-state index in [9.17, 15) is 29.1 Å². The summed E-state index contributed by atoms with van der Waals surface area (Å²) in [6.45, 7) is 0. The first-order valence-corrected chi connectivity index (χ1v) is 12.4. The third kappa shape index (κ3) is 10.4. The number of imidazole rings is 1. The molecule has 13 nitrogen and oxygen atoms in total. The summed E-state index contributed by atoms with van der Waals surface area (Å²) in [4.78, 5) is 67.2. The summed E-state index contributed by atoms with van der Waals surface area (Å²) in [5.41, 5.74) is 11.4. The minimum Gasteiger partial charge on any atom is -0.480 e. The van der Waals surface area contributed by atoms with Gasteiger partial charge in [0.1, 0.15) is 18.1 Å². The molecule has 190 valence electrons. The van der Waals surface area contributed by atoms with E-state index in [1.165, 1.54) is 24.3 Å². The molecule has 0 spiro atoms. The van der Waals surface area contributed by atoms with Gasteiger partial charge in [0.25, 0.3) is 0 Å². The number of carboxylic acids is 1. The van der Waals surface area contributed by atoms with Gasteiger partial charge in [-0.2, -0.15) is 24.4 Å². The topological polar surface area (TPSA) is 222 Å². The van der Waals surface area contributed by atoms with E-state index in [-0.39, 0.29) is 31.4 Å². The Morgan fingerprint density at radius 3 is 2.24 bits per heavy atom. The lowest BCUT2D eigenvalue weighted by Gasteiger charge is -2.24. The molecule has 0 bridgehead atoms. The average molecular weight is 518 g/mol. The number of nitrogens with two attached hydrogens (primary N) is 2. The lowest BCUT2D eigenvalue weighted by molar-refractivity contribution is -0.141. The van der Waals surface area contributed by atoms with Crippen molar-refractivity contribution in [1.29, 1.82) is 0 Å². The van der Waals surface area contributed by atoms with Crippen LogP contribution in [0.3, 0.4) is 0 Å². The standard InChI is InChI=1S/C19H31N7O6S2/c1-34-5-4-12(17(29)26-14(8-33)19(31)32)24-18(30)13(6-10-7-22-9-23-10)25-16(28)11(20)2-3-15(21)27/h7,9,11-14,33H,2-6,8,20H2,1H3,(H2,21,27)(H,22,23)(H,24,30)(H,25,28)(H,26,29)(H,31,32). The summed E-state index contributed by atoms with van der Waals surface area (Å²) in [6.07, 6.45) is 4.84. The van der Waals surface area contributed by atoms with E-state index < -0.39 is 53.8 Å². The number of nitrogens with zero attached hydrogens (tertiary/aromatic N) is 1. The largest absolute Gasteiger partial charge is 0.480 e. The predicted molar refractivity (Wildman–Crippen MR) is 129 cm³/mol. The molecule has 1 aromatic heterocycles. The number of nitrogens with one attached hydrogen (secondary N) is 4. The van der Waals surface area contributed by atoms with Gasteiger partial charge in [0, 0.05) is 30.5 Å². The molecule has 4 atom stereocenters. The van der Waals surface area contributed by atoms with Crippen LogP contribution in [-0.2, 0) is 30.4 Å². The van der Waals surface area contributed by atoms with Gasteiger partial charge in [0.05, 0.1) is 12.4 Å². The Kier molecular flexibility index (Phi) is 13.1. The minimum atomic E-state index is -1.26. The van der Waals surface area contributed by atoms with E-state index in [1.54, 1.807) is 0 Å². The first-order chi connectivity index (χ1) is 16.1. The fourth-order valence-corrected chi connectivity index (χ4v) is 3.49. The highest BCUT2D eigenvalue weighted by Gasteiger charge is 2.30. The molecule has 1 rings (SSSR count). The van der Waals surface area contributed by atoms with Crippen molar-refractivity contribution in [3.63, 3.8) is 0 Å². The number of rotatable bonds is 16. The first-order valence-electron chi connectivity index (χ1n) is 10.3. The van der Waals surface area contributed by atoms with Crippen LogP contribution in [-0.4, -0.2) is 86.6 Å². The van der Waals surface area contributed by atoms with Crippen molar-refractivity contribution in [2.45, 2.75) is 49.9 Å². The second-order valence-electron chi connectivity index (χ2n) is 7.38. The van der Waals surface area contributed by atoms with Crippen LogP contribution < -0.4 is 27.4 Å². The van der Waals surface area contributed by atoms with Crippen molar-refractivity contribution in [2.75, 3.05) is 17.8 Å². The summed E-state index contributed by atoms with van der Waals surface area (Å²) in [5.74, 6) is -3.53. The van der Waals surface area contributed by atoms with Crippen molar-refractivity contribution in [3.05, 3.63) is 18.2 Å². The number of amides is 4. The van der Waals surface area contributed by atoms with Crippen LogP contribution in [0.25, 0.3) is 0 Å². The molecule has 0 fully saturated rings. The van der Waals surface area contributed by atoms with Crippen molar-refractivity contribution in [2.24, 2.45) is 11.5 Å².